The monoisotopic (exact) mass is 614 g/mol. The maximum Gasteiger partial charge on any atom is 0.310 e. The van der Waals surface area contributed by atoms with Crippen LogP contribution in [0.4, 0.5) is 29.5 Å². The topological polar surface area (TPSA) is 42.0 Å². The summed E-state index contributed by atoms with van der Waals surface area (Å²) in [6, 6.07) is 8.64. The second kappa shape index (κ2) is 8.28. The number of nitrogens with zero attached hydrogens (tertiary/aromatic N) is 1. The summed E-state index contributed by atoms with van der Waals surface area (Å²) >= 11 is 2.01. The van der Waals surface area contributed by atoms with Gasteiger partial charge in [0, 0.05) is 17.3 Å². The lowest BCUT2D eigenvalue weighted by Gasteiger charge is -2.40. The first-order chi connectivity index (χ1) is 15.7. The van der Waals surface area contributed by atoms with E-state index in [0.717, 1.165) is 54.3 Å². The number of carbonyl (C=O) groups is 1. The average molecular weight is 614 g/mol. The number of aromatic nitrogens is 1. The molecule has 3 aromatic rings. The van der Waals surface area contributed by atoms with Gasteiger partial charge in [0.2, 0.25) is 5.91 Å². The van der Waals surface area contributed by atoms with E-state index in [-0.39, 0.29) is 41.4 Å². The Balaban J connectivity index is 1.39. The predicted molar refractivity (Wildman–Crippen MR) is 131 cm³/mol. The van der Waals surface area contributed by atoms with Crippen molar-refractivity contribution in [2.75, 3.05) is 5.32 Å². The third kappa shape index (κ3) is 5.61. The molecule has 1 aliphatic carbocycles. The van der Waals surface area contributed by atoms with Crippen LogP contribution in [0.3, 0.4) is 0 Å². The SMILES string of the molecule is O=C(Nc1ccc(S(F)(F)(F)(F)F)cc1)[C@H](I)[C@H]1CC[C@@H](c2ccnc3ccc(F)cc32)CC1. The average Bonchev–Trinajstić information content (AvgIpc) is 2.77. The van der Waals surface area contributed by atoms with Crippen LogP contribution in [0.1, 0.15) is 37.2 Å². The Kier molecular flexibility index (Phi) is 6.11. The van der Waals surface area contributed by atoms with Crippen LogP contribution in [-0.2, 0) is 4.79 Å². The maximum absolute atomic E-state index is 13.8. The smallest absolute Gasteiger partial charge is 0.310 e. The van der Waals surface area contributed by atoms with Gasteiger partial charge in [0.05, 0.1) is 9.44 Å². The maximum atomic E-state index is 13.8. The molecular formula is C23H21F6IN2OS. The Morgan fingerprint density at radius 1 is 0.971 bits per heavy atom. The molecule has 3 nitrogen and oxygen atoms in total. The molecule has 0 spiro atoms. The van der Waals surface area contributed by atoms with E-state index in [4.69, 9.17) is 0 Å². The molecule has 184 valence electrons. The normalized spacial score (nSPS) is 22.0. The van der Waals surface area contributed by atoms with E-state index in [0.29, 0.717) is 0 Å². The van der Waals surface area contributed by atoms with E-state index >= 15 is 0 Å². The standard InChI is InChI=1S/C23H21F6IN2OS/c24-16-5-10-21-20(13-16)19(11-12-31-21)14-1-3-15(4-2-14)22(30)23(33)32-17-6-8-18(9-7-17)34(25,26,27,28)29/h5-15,22H,1-4H2,(H,32,33)/t14-,15+,22-/m1/s1. The first kappa shape index (κ1) is 25.1. The molecule has 1 N–H and O–H groups in total. The number of amides is 1. The molecule has 2 aromatic carbocycles. The molecule has 11 heteroatoms. The Labute approximate surface area is 206 Å². The van der Waals surface area contributed by atoms with Gasteiger partial charge in [-0.15, -0.1) is 0 Å². The summed E-state index contributed by atoms with van der Waals surface area (Å²) in [5.41, 5.74) is 1.78. The van der Waals surface area contributed by atoms with Gasteiger partial charge in [-0.05, 0) is 91.6 Å². The highest BCUT2D eigenvalue weighted by atomic mass is 127. The highest BCUT2D eigenvalue weighted by Crippen LogP contribution is 3.02. The Bertz CT molecular complexity index is 1230. The van der Waals surface area contributed by atoms with Crippen LogP contribution < -0.4 is 5.32 Å². The number of carbonyl (C=O) groups excluding carboxylic acids is 1. The summed E-state index contributed by atoms with van der Waals surface area (Å²) in [4.78, 5) is 14.9. The van der Waals surface area contributed by atoms with E-state index in [1.807, 2.05) is 28.7 Å². The number of nitrogens with one attached hydrogen (secondary N) is 1. The number of hydrogen-bond donors (Lipinski definition) is 1. The summed E-state index contributed by atoms with van der Waals surface area (Å²) < 4.78 is 77.6. The minimum Gasteiger partial charge on any atom is -0.325 e. The number of halogens is 7. The van der Waals surface area contributed by atoms with Crippen molar-refractivity contribution < 1.29 is 28.6 Å². The number of fused-ring (bicyclic) bond motifs is 1. The van der Waals surface area contributed by atoms with E-state index in [2.05, 4.69) is 10.3 Å². The van der Waals surface area contributed by atoms with Crippen molar-refractivity contribution in [1.29, 1.82) is 0 Å². The van der Waals surface area contributed by atoms with Crippen molar-refractivity contribution in [2.45, 2.75) is 40.4 Å². The third-order valence-electron chi connectivity index (χ3n) is 6.18. The van der Waals surface area contributed by atoms with Gasteiger partial charge in [-0.3, -0.25) is 9.78 Å². The molecule has 0 saturated heterocycles. The van der Waals surface area contributed by atoms with Crippen molar-refractivity contribution in [2.24, 2.45) is 5.92 Å². The van der Waals surface area contributed by atoms with Crippen LogP contribution in [-0.4, -0.2) is 14.8 Å². The quantitative estimate of drug-likeness (QED) is 0.178. The van der Waals surface area contributed by atoms with Gasteiger partial charge in [0.15, 0.2) is 0 Å². The van der Waals surface area contributed by atoms with Crippen LogP contribution >= 0.6 is 32.8 Å². The molecule has 1 atom stereocenters. The summed E-state index contributed by atoms with van der Waals surface area (Å²) in [7, 11) is -9.75. The van der Waals surface area contributed by atoms with Crippen LogP contribution in [0.5, 0.6) is 0 Å². The van der Waals surface area contributed by atoms with Gasteiger partial charge in [-0.25, -0.2) is 4.39 Å². The van der Waals surface area contributed by atoms with Crippen molar-refractivity contribution in [1.82, 2.24) is 4.98 Å². The highest BCUT2D eigenvalue weighted by molar-refractivity contribution is 14.1. The van der Waals surface area contributed by atoms with E-state index in [1.54, 1.807) is 12.3 Å². The number of hydrogen-bond acceptors (Lipinski definition) is 2. The van der Waals surface area contributed by atoms with Crippen molar-refractivity contribution in [3.8, 4) is 0 Å². The van der Waals surface area contributed by atoms with Gasteiger partial charge < -0.3 is 5.32 Å². The summed E-state index contributed by atoms with van der Waals surface area (Å²) in [5, 5.41) is 3.30. The molecule has 4 rings (SSSR count). The molecule has 1 amide bonds. The molecule has 0 unspecified atom stereocenters. The Hall–Kier alpha value is -2.02. The zero-order valence-electron chi connectivity index (χ0n) is 17.7. The highest BCUT2D eigenvalue weighted by Gasteiger charge is 2.65. The number of alkyl halides is 1. The van der Waals surface area contributed by atoms with E-state index in [9.17, 15) is 28.6 Å². The fourth-order valence-electron chi connectivity index (χ4n) is 4.44. The van der Waals surface area contributed by atoms with E-state index < -0.39 is 19.0 Å². The molecule has 1 fully saturated rings. The molecule has 1 aliphatic rings. The van der Waals surface area contributed by atoms with Crippen molar-refractivity contribution in [3.05, 3.63) is 66.1 Å². The zero-order chi connectivity index (χ0) is 24.8. The minimum absolute atomic E-state index is 0.0243. The van der Waals surface area contributed by atoms with Crippen LogP contribution in [0.25, 0.3) is 10.9 Å². The number of anilines is 1. The van der Waals surface area contributed by atoms with Gasteiger partial charge in [0.25, 0.3) is 0 Å². The first-order valence-electron chi connectivity index (χ1n) is 10.5. The van der Waals surface area contributed by atoms with Crippen molar-refractivity contribution in [3.63, 3.8) is 0 Å². The van der Waals surface area contributed by atoms with Gasteiger partial charge in [-0.2, -0.15) is 0 Å². The van der Waals surface area contributed by atoms with Gasteiger partial charge in [-0.1, -0.05) is 42.0 Å². The second-order valence-corrected chi connectivity index (χ2v) is 12.3. The summed E-state index contributed by atoms with van der Waals surface area (Å²) in [6.45, 7) is 0. The van der Waals surface area contributed by atoms with Gasteiger partial charge >= 0.3 is 10.2 Å². The largest absolute Gasteiger partial charge is 0.325 e. The molecule has 1 saturated carbocycles. The molecule has 0 aliphatic heterocycles. The lowest BCUT2D eigenvalue weighted by atomic mass is 9.77. The lowest BCUT2D eigenvalue weighted by molar-refractivity contribution is -0.116. The first-order valence-corrected chi connectivity index (χ1v) is 13.7. The number of rotatable bonds is 5. The van der Waals surface area contributed by atoms with Crippen molar-refractivity contribution >= 4 is 55.3 Å². The van der Waals surface area contributed by atoms with Gasteiger partial charge in [0.1, 0.15) is 10.7 Å². The summed E-state index contributed by atoms with van der Waals surface area (Å²) in [5.74, 6) is -0.464. The molecule has 0 radical (unpaired) electrons. The number of benzene rings is 2. The second-order valence-electron chi connectivity index (χ2n) is 8.56. The third-order valence-corrected chi connectivity index (χ3v) is 8.93. The molecule has 0 bridgehead atoms. The van der Waals surface area contributed by atoms with Crippen LogP contribution in [0, 0.1) is 11.7 Å². The Morgan fingerprint density at radius 3 is 2.24 bits per heavy atom. The fraction of sp³-hybridized carbons (Fsp3) is 0.304. The minimum atomic E-state index is -9.75. The Morgan fingerprint density at radius 2 is 1.62 bits per heavy atom. The summed E-state index contributed by atoms with van der Waals surface area (Å²) in [6.07, 6.45) is 4.79. The molecule has 1 heterocycles. The lowest BCUT2D eigenvalue weighted by Crippen LogP contribution is -2.32. The molecular weight excluding hydrogens is 593 g/mol. The predicted octanol–water partition coefficient (Wildman–Crippen LogP) is 8.75. The fourth-order valence-corrected chi connectivity index (χ4v) is 5.96. The molecule has 34 heavy (non-hydrogen) atoms. The van der Waals surface area contributed by atoms with Crippen LogP contribution in [0.2, 0.25) is 0 Å². The molecule has 1 aromatic heterocycles. The zero-order valence-corrected chi connectivity index (χ0v) is 20.6. The van der Waals surface area contributed by atoms with Crippen LogP contribution in [0.15, 0.2) is 59.6 Å². The van der Waals surface area contributed by atoms with E-state index in [1.165, 1.54) is 12.1 Å². The number of pyridine rings is 1.